The molecule has 1 N–H and O–H groups in total. The van der Waals surface area contributed by atoms with Gasteiger partial charge in [0, 0.05) is 28.7 Å². The normalized spacial score (nSPS) is 12.1. The highest BCUT2D eigenvalue weighted by Crippen LogP contribution is 2.28. The van der Waals surface area contributed by atoms with Crippen molar-refractivity contribution in [2.75, 3.05) is 18.0 Å². The number of sulfonamides is 1. The van der Waals surface area contributed by atoms with Gasteiger partial charge < -0.3 is 15.0 Å². The Morgan fingerprint density at radius 2 is 1.65 bits per heavy atom. The van der Waals surface area contributed by atoms with Crippen LogP contribution in [0.3, 0.4) is 0 Å². The maximum Gasteiger partial charge on any atom is 0.264 e. The molecule has 0 unspecified atom stereocenters. The van der Waals surface area contributed by atoms with E-state index in [9.17, 15) is 18.0 Å². The number of benzene rings is 3. The summed E-state index contributed by atoms with van der Waals surface area (Å²) in [6, 6.07) is 16.5. The third-order valence-corrected chi connectivity index (χ3v) is 8.56. The second-order valence-electron chi connectivity index (χ2n) is 9.62. The molecule has 0 aliphatic carbocycles. The number of rotatable bonds is 11. The molecule has 3 rings (SSSR count). The van der Waals surface area contributed by atoms with Gasteiger partial charge in [-0.3, -0.25) is 13.9 Å². The number of amides is 2. The topological polar surface area (TPSA) is 96.0 Å². The zero-order chi connectivity index (χ0) is 29.6. The second-order valence-corrected chi connectivity index (χ2v) is 12.3. The molecule has 0 saturated carbocycles. The van der Waals surface area contributed by atoms with E-state index in [0.717, 1.165) is 9.87 Å². The summed E-state index contributed by atoms with van der Waals surface area (Å²) >= 11 is 12.5. The van der Waals surface area contributed by atoms with Crippen LogP contribution in [0.1, 0.15) is 31.9 Å². The van der Waals surface area contributed by atoms with Crippen molar-refractivity contribution < 1.29 is 22.7 Å². The maximum atomic E-state index is 14.0. The standard InChI is InChI=1S/C29H33Cl2N3O5S/c1-19(2)32-29(36)21(4)33(17-22-11-12-23(30)15-27(22)31)28(35)18-34(24-7-6-8-25(16-24)39-5)40(37,38)26-13-9-20(3)10-14-26/h6-16,19,21H,17-18H2,1-5H3,(H,32,36)/t21-/m0/s1. The number of carbonyl (C=O) groups is 2. The summed E-state index contributed by atoms with van der Waals surface area (Å²) in [7, 11) is -2.72. The van der Waals surface area contributed by atoms with E-state index in [1.807, 2.05) is 20.8 Å². The van der Waals surface area contributed by atoms with Crippen molar-refractivity contribution >= 4 is 50.7 Å². The molecule has 40 heavy (non-hydrogen) atoms. The molecule has 0 fully saturated rings. The van der Waals surface area contributed by atoms with Gasteiger partial charge in [-0.15, -0.1) is 0 Å². The summed E-state index contributed by atoms with van der Waals surface area (Å²) in [4.78, 5) is 28.3. The lowest BCUT2D eigenvalue weighted by molar-refractivity contribution is -0.139. The minimum atomic E-state index is -4.19. The van der Waals surface area contributed by atoms with E-state index < -0.39 is 28.5 Å². The molecule has 0 aliphatic rings. The lowest BCUT2D eigenvalue weighted by Gasteiger charge is -2.32. The monoisotopic (exact) mass is 605 g/mol. The predicted molar refractivity (Wildman–Crippen MR) is 158 cm³/mol. The van der Waals surface area contributed by atoms with Crippen molar-refractivity contribution in [3.63, 3.8) is 0 Å². The van der Waals surface area contributed by atoms with Crippen molar-refractivity contribution in [2.24, 2.45) is 0 Å². The minimum Gasteiger partial charge on any atom is -0.497 e. The molecule has 0 radical (unpaired) electrons. The number of methoxy groups -OCH3 is 1. The van der Waals surface area contributed by atoms with Gasteiger partial charge in [0.05, 0.1) is 17.7 Å². The van der Waals surface area contributed by atoms with Gasteiger partial charge in [0.25, 0.3) is 10.0 Å². The van der Waals surface area contributed by atoms with Gasteiger partial charge in [-0.25, -0.2) is 8.42 Å². The number of halogens is 2. The summed E-state index contributed by atoms with van der Waals surface area (Å²) in [5, 5.41) is 3.55. The highest BCUT2D eigenvalue weighted by Gasteiger charge is 2.33. The number of hydrogen-bond acceptors (Lipinski definition) is 5. The fourth-order valence-electron chi connectivity index (χ4n) is 3.95. The lowest BCUT2D eigenvalue weighted by atomic mass is 10.1. The van der Waals surface area contributed by atoms with E-state index in [4.69, 9.17) is 27.9 Å². The summed E-state index contributed by atoms with van der Waals surface area (Å²) < 4.78 is 34.1. The third-order valence-electron chi connectivity index (χ3n) is 6.18. The lowest BCUT2D eigenvalue weighted by Crippen LogP contribution is -2.52. The van der Waals surface area contributed by atoms with Crippen LogP contribution >= 0.6 is 23.2 Å². The molecule has 0 aromatic heterocycles. The van der Waals surface area contributed by atoms with Gasteiger partial charge in [0.15, 0.2) is 0 Å². The van der Waals surface area contributed by atoms with Gasteiger partial charge >= 0.3 is 0 Å². The smallest absolute Gasteiger partial charge is 0.264 e. The molecule has 0 saturated heterocycles. The quantitative estimate of drug-likeness (QED) is 0.313. The number of nitrogens with zero attached hydrogens (tertiary/aromatic N) is 2. The Hall–Kier alpha value is -3.27. The number of hydrogen-bond donors (Lipinski definition) is 1. The van der Waals surface area contributed by atoms with Crippen LogP contribution < -0.4 is 14.4 Å². The Bertz CT molecular complexity index is 1460. The molecule has 3 aromatic rings. The van der Waals surface area contributed by atoms with E-state index in [-0.39, 0.29) is 29.1 Å². The Balaban J connectivity index is 2.07. The van der Waals surface area contributed by atoms with Crippen LogP contribution in [0.5, 0.6) is 5.75 Å². The van der Waals surface area contributed by atoms with E-state index >= 15 is 0 Å². The second kappa shape index (κ2) is 13.4. The number of carbonyl (C=O) groups excluding carboxylic acids is 2. The largest absolute Gasteiger partial charge is 0.497 e. The van der Waals surface area contributed by atoms with Gasteiger partial charge in [0.1, 0.15) is 18.3 Å². The highest BCUT2D eigenvalue weighted by molar-refractivity contribution is 7.92. The third kappa shape index (κ3) is 7.68. The van der Waals surface area contributed by atoms with Gasteiger partial charge in [-0.1, -0.05) is 53.0 Å². The van der Waals surface area contributed by atoms with E-state index in [2.05, 4.69) is 5.32 Å². The Morgan fingerprint density at radius 1 is 0.975 bits per heavy atom. The van der Waals surface area contributed by atoms with Gasteiger partial charge in [-0.2, -0.15) is 0 Å². The van der Waals surface area contributed by atoms with Crippen molar-refractivity contribution in [1.29, 1.82) is 0 Å². The molecule has 0 heterocycles. The molecule has 8 nitrogen and oxygen atoms in total. The Labute approximate surface area is 245 Å². The summed E-state index contributed by atoms with van der Waals surface area (Å²) in [6.07, 6.45) is 0. The van der Waals surface area contributed by atoms with E-state index in [0.29, 0.717) is 21.4 Å². The minimum absolute atomic E-state index is 0.0200. The van der Waals surface area contributed by atoms with Crippen LogP contribution in [-0.2, 0) is 26.2 Å². The predicted octanol–water partition coefficient (Wildman–Crippen LogP) is 5.45. The first kappa shape index (κ1) is 31.3. The van der Waals surface area contributed by atoms with Crippen molar-refractivity contribution in [3.05, 3.63) is 87.9 Å². The van der Waals surface area contributed by atoms with Crippen LogP contribution in [0.25, 0.3) is 0 Å². The van der Waals surface area contributed by atoms with Crippen LogP contribution in [0.2, 0.25) is 10.0 Å². The summed E-state index contributed by atoms with van der Waals surface area (Å²) in [6.45, 7) is 6.44. The first-order chi connectivity index (χ1) is 18.8. The van der Waals surface area contributed by atoms with E-state index in [1.165, 1.54) is 30.2 Å². The van der Waals surface area contributed by atoms with Crippen molar-refractivity contribution in [1.82, 2.24) is 10.2 Å². The molecule has 0 spiro atoms. The summed E-state index contributed by atoms with van der Waals surface area (Å²) in [5.41, 5.74) is 1.67. The zero-order valence-electron chi connectivity index (χ0n) is 23.0. The SMILES string of the molecule is COc1cccc(N(CC(=O)N(Cc2ccc(Cl)cc2Cl)[C@@H](C)C(=O)NC(C)C)S(=O)(=O)c2ccc(C)cc2)c1. The molecule has 0 aliphatic heterocycles. The van der Waals surface area contributed by atoms with Crippen LogP contribution in [0, 0.1) is 6.92 Å². The molecule has 2 amide bonds. The first-order valence-corrected chi connectivity index (χ1v) is 14.8. The molecular formula is C29H33Cl2N3O5S. The molecular weight excluding hydrogens is 573 g/mol. The molecule has 11 heteroatoms. The number of anilines is 1. The average Bonchev–Trinajstić information content (AvgIpc) is 2.90. The number of ether oxygens (including phenoxy) is 1. The van der Waals surface area contributed by atoms with Crippen molar-refractivity contribution in [3.8, 4) is 5.75 Å². The van der Waals surface area contributed by atoms with Crippen LogP contribution in [0.4, 0.5) is 5.69 Å². The average molecular weight is 607 g/mol. The van der Waals surface area contributed by atoms with Gasteiger partial charge in [-0.05, 0) is 69.7 Å². The fourth-order valence-corrected chi connectivity index (χ4v) is 5.83. The van der Waals surface area contributed by atoms with Gasteiger partial charge in [0.2, 0.25) is 11.8 Å². The fraction of sp³-hybridized carbons (Fsp3) is 0.310. The Morgan fingerprint density at radius 3 is 2.25 bits per heavy atom. The molecule has 214 valence electrons. The summed E-state index contributed by atoms with van der Waals surface area (Å²) in [5.74, 6) is -0.567. The Kier molecular flexibility index (Phi) is 10.5. The maximum absolute atomic E-state index is 14.0. The molecule has 0 bridgehead atoms. The molecule has 3 aromatic carbocycles. The van der Waals surface area contributed by atoms with Crippen molar-refractivity contribution in [2.45, 2.75) is 51.2 Å². The highest BCUT2D eigenvalue weighted by atomic mass is 35.5. The zero-order valence-corrected chi connectivity index (χ0v) is 25.3. The number of aryl methyl sites for hydroxylation is 1. The number of nitrogens with one attached hydrogen (secondary N) is 1. The van der Waals surface area contributed by atoms with Crippen LogP contribution in [-0.4, -0.2) is 50.9 Å². The molecule has 1 atom stereocenters. The van der Waals surface area contributed by atoms with E-state index in [1.54, 1.807) is 55.5 Å². The first-order valence-electron chi connectivity index (χ1n) is 12.6. The van der Waals surface area contributed by atoms with Crippen LogP contribution in [0.15, 0.2) is 71.6 Å².